The Balaban J connectivity index is 2.50. The number of hydrogen-bond acceptors (Lipinski definition) is 2. The van der Waals surface area contributed by atoms with Crippen molar-refractivity contribution in [3.8, 4) is 11.8 Å². The van der Waals surface area contributed by atoms with Gasteiger partial charge in [-0.2, -0.15) is 0 Å². The van der Waals surface area contributed by atoms with Crippen LogP contribution in [0.4, 0.5) is 0 Å². The molecule has 0 fully saturated rings. The van der Waals surface area contributed by atoms with Gasteiger partial charge in [-0.15, -0.1) is 0 Å². The van der Waals surface area contributed by atoms with Crippen molar-refractivity contribution in [1.29, 1.82) is 0 Å². The monoisotopic (exact) mass is 220 g/mol. The molecule has 1 heterocycles. The van der Waals surface area contributed by atoms with E-state index >= 15 is 0 Å². The van der Waals surface area contributed by atoms with Crippen LogP contribution in [0.15, 0.2) is 15.8 Å². The van der Waals surface area contributed by atoms with Gasteiger partial charge < -0.3 is 4.98 Å². The number of aromatic nitrogens is 2. The van der Waals surface area contributed by atoms with E-state index in [0.29, 0.717) is 5.56 Å². The third kappa shape index (κ3) is 4.18. The first-order chi connectivity index (χ1) is 7.74. The van der Waals surface area contributed by atoms with Gasteiger partial charge in [-0.1, -0.05) is 38.0 Å². The van der Waals surface area contributed by atoms with Crippen LogP contribution in [-0.2, 0) is 0 Å². The molecule has 0 saturated heterocycles. The fourth-order valence-corrected chi connectivity index (χ4v) is 1.30. The topological polar surface area (TPSA) is 65.7 Å². The van der Waals surface area contributed by atoms with Crippen LogP contribution in [0.1, 0.15) is 44.6 Å². The van der Waals surface area contributed by atoms with Gasteiger partial charge in [0.15, 0.2) is 0 Å². The zero-order valence-corrected chi connectivity index (χ0v) is 9.43. The number of H-pyrrole nitrogens is 2. The summed E-state index contributed by atoms with van der Waals surface area (Å²) in [6, 6.07) is 0. The van der Waals surface area contributed by atoms with E-state index in [1.165, 1.54) is 25.5 Å². The van der Waals surface area contributed by atoms with Crippen LogP contribution in [0.2, 0.25) is 0 Å². The predicted octanol–water partition coefficient (Wildman–Crippen LogP) is 1.39. The summed E-state index contributed by atoms with van der Waals surface area (Å²) in [7, 11) is 0. The van der Waals surface area contributed by atoms with Gasteiger partial charge in [-0.25, -0.2) is 4.79 Å². The highest BCUT2D eigenvalue weighted by atomic mass is 16.2. The van der Waals surface area contributed by atoms with E-state index in [2.05, 4.69) is 28.7 Å². The summed E-state index contributed by atoms with van der Waals surface area (Å²) in [5.74, 6) is 5.68. The van der Waals surface area contributed by atoms with Gasteiger partial charge >= 0.3 is 5.69 Å². The Bertz CT molecular complexity index is 488. The molecule has 0 aliphatic rings. The van der Waals surface area contributed by atoms with E-state index in [9.17, 15) is 9.59 Å². The number of aromatic amines is 2. The van der Waals surface area contributed by atoms with Crippen LogP contribution in [-0.4, -0.2) is 9.97 Å². The lowest BCUT2D eigenvalue weighted by Gasteiger charge is -1.92. The highest BCUT2D eigenvalue weighted by molar-refractivity contribution is 5.28. The van der Waals surface area contributed by atoms with Crippen LogP contribution >= 0.6 is 0 Å². The first kappa shape index (κ1) is 12.3. The maximum atomic E-state index is 11.2. The quantitative estimate of drug-likeness (QED) is 0.594. The number of nitrogens with one attached hydrogen (secondary N) is 2. The molecule has 1 rings (SSSR count). The van der Waals surface area contributed by atoms with Gasteiger partial charge in [-0.05, 0) is 6.42 Å². The molecule has 0 spiro atoms. The van der Waals surface area contributed by atoms with Crippen molar-refractivity contribution < 1.29 is 0 Å². The van der Waals surface area contributed by atoms with E-state index in [1.54, 1.807) is 0 Å². The Morgan fingerprint density at radius 1 is 1.25 bits per heavy atom. The van der Waals surface area contributed by atoms with Crippen LogP contribution in [0.5, 0.6) is 0 Å². The number of unbranched alkanes of at least 4 members (excludes halogenated alkanes) is 4. The molecule has 0 saturated carbocycles. The summed E-state index contributed by atoms with van der Waals surface area (Å²) in [5.41, 5.74) is -0.613. The zero-order valence-electron chi connectivity index (χ0n) is 9.43. The molecule has 0 unspecified atom stereocenters. The first-order valence-electron chi connectivity index (χ1n) is 5.55. The molecule has 2 N–H and O–H groups in total. The average Bonchev–Trinajstić information content (AvgIpc) is 2.26. The smallest absolute Gasteiger partial charge is 0.313 e. The van der Waals surface area contributed by atoms with Gasteiger partial charge in [0.1, 0.15) is 5.56 Å². The third-order valence-corrected chi connectivity index (χ3v) is 2.20. The second-order valence-corrected chi connectivity index (χ2v) is 3.60. The fourth-order valence-electron chi connectivity index (χ4n) is 1.30. The first-order valence-corrected chi connectivity index (χ1v) is 5.55. The van der Waals surface area contributed by atoms with E-state index in [0.717, 1.165) is 12.8 Å². The van der Waals surface area contributed by atoms with Gasteiger partial charge in [0, 0.05) is 12.6 Å². The minimum atomic E-state index is -0.501. The summed E-state index contributed by atoms with van der Waals surface area (Å²) in [6.07, 6.45) is 6.79. The SMILES string of the molecule is CCCCCCC#Cc1c[nH]c(=O)[nH]c1=O. The van der Waals surface area contributed by atoms with Gasteiger partial charge in [-0.3, -0.25) is 9.78 Å². The highest BCUT2D eigenvalue weighted by Gasteiger charge is 1.94. The Morgan fingerprint density at radius 2 is 2.06 bits per heavy atom. The molecule has 16 heavy (non-hydrogen) atoms. The largest absolute Gasteiger partial charge is 0.325 e. The lowest BCUT2D eigenvalue weighted by atomic mass is 10.1. The van der Waals surface area contributed by atoms with Crippen molar-refractivity contribution in [2.24, 2.45) is 0 Å². The van der Waals surface area contributed by atoms with Crippen molar-refractivity contribution in [3.63, 3.8) is 0 Å². The number of rotatable bonds is 4. The van der Waals surface area contributed by atoms with E-state index in [-0.39, 0.29) is 0 Å². The maximum Gasteiger partial charge on any atom is 0.325 e. The van der Waals surface area contributed by atoms with Gasteiger partial charge in [0.05, 0.1) is 0 Å². The van der Waals surface area contributed by atoms with E-state index < -0.39 is 11.2 Å². The van der Waals surface area contributed by atoms with Gasteiger partial charge in [0.2, 0.25) is 0 Å². The van der Waals surface area contributed by atoms with Crippen molar-refractivity contribution in [2.75, 3.05) is 0 Å². The summed E-state index contributed by atoms with van der Waals surface area (Å²) >= 11 is 0. The molecular formula is C12H16N2O2. The lowest BCUT2D eigenvalue weighted by molar-refractivity contribution is 0.679. The van der Waals surface area contributed by atoms with Crippen LogP contribution in [0.3, 0.4) is 0 Å². The molecule has 0 aromatic carbocycles. The average molecular weight is 220 g/mol. The van der Waals surface area contributed by atoms with Crippen LogP contribution < -0.4 is 11.2 Å². The molecule has 0 atom stereocenters. The minimum absolute atomic E-state index is 0.315. The minimum Gasteiger partial charge on any atom is -0.313 e. The molecule has 0 bridgehead atoms. The molecule has 4 nitrogen and oxygen atoms in total. The molecule has 0 aliphatic heterocycles. The standard InChI is InChI=1S/C12H16N2O2/c1-2-3-4-5-6-7-8-10-9-13-12(16)14-11(10)15/h9H,2-6H2,1H3,(H2,13,14,15,16). The third-order valence-electron chi connectivity index (χ3n) is 2.20. The summed E-state index contributed by atoms with van der Waals surface area (Å²) in [6.45, 7) is 2.16. The molecule has 86 valence electrons. The van der Waals surface area contributed by atoms with Crippen molar-refractivity contribution in [1.82, 2.24) is 9.97 Å². The summed E-state index contributed by atoms with van der Waals surface area (Å²) < 4.78 is 0. The molecule has 0 aliphatic carbocycles. The van der Waals surface area contributed by atoms with Crippen LogP contribution in [0, 0.1) is 11.8 Å². The molecule has 4 heteroatoms. The second-order valence-electron chi connectivity index (χ2n) is 3.60. The van der Waals surface area contributed by atoms with Crippen molar-refractivity contribution in [2.45, 2.75) is 39.0 Å². The molecular weight excluding hydrogens is 204 g/mol. The fraction of sp³-hybridized carbons (Fsp3) is 0.500. The molecule has 0 radical (unpaired) electrons. The van der Waals surface area contributed by atoms with Crippen molar-refractivity contribution in [3.05, 3.63) is 32.6 Å². The zero-order chi connectivity index (χ0) is 11.8. The Kier molecular flexibility index (Phi) is 5.13. The molecule has 1 aromatic rings. The summed E-state index contributed by atoms with van der Waals surface area (Å²) in [5, 5.41) is 0. The van der Waals surface area contributed by atoms with E-state index in [1.807, 2.05) is 0 Å². The Hall–Kier alpha value is -1.76. The second kappa shape index (κ2) is 6.67. The van der Waals surface area contributed by atoms with E-state index in [4.69, 9.17) is 0 Å². The molecule has 1 aromatic heterocycles. The highest BCUT2D eigenvalue weighted by Crippen LogP contribution is 2.00. The predicted molar refractivity (Wildman–Crippen MR) is 63.3 cm³/mol. The molecule has 0 amide bonds. The number of hydrogen-bond donors (Lipinski definition) is 2. The van der Waals surface area contributed by atoms with Gasteiger partial charge in [0.25, 0.3) is 5.56 Å². The Labute approximate surface area is 94.1 Å². The summed E-state index contributed by atoms with van der Waals surface area (Å²) in [4.78, 5) is 26.5. The van der Waals surface area contributed by atoms with Crippen molar-refractivity contribution >= 4 is 0 Å². The maximum absolute atomic E-state index is 11.2. The lowest BCUT2D eigenvalue weighted by Crippen LogP contribution is -2.23. The Morgan fingerprint density at radius 3 is 2.75 bits per heavy atom. The van der Waals surface area contributed by atoms with Crippen LogP contribution in [0.25, 0.3) is 0 Å². The normalized spacial score (nSPS) is 9.56.